The van der Waals surface area contributed by atoms with Gasteiger partial charge in [-0.1, -0.05) is 54.1 Å². The fourth-order valence-corrected chi connectivity index (χ4v) is 4.86. The lowest BCUT2D eigenvalue weighted by molar-refractivity contribution is -0.114. The lowest BCUT2D eigenvalue weighted by Gasteiger charge is -2.26. The van der Waals surface area contributed by atoms with Crippen molar-refractivity contribution in [1.82, 2.24) is 0 Å². The Hall–Kier alpha value is -3.58. The van der Waals surface area contributed by atoms with E-state index >= 15 is 0 Å². The minimum absolute atomic E-state index is 0.126. The summed E-state index contributed by atoms with van der Waals surface area (Å²) in [7, 11) is -3.98. The molecule has 0 aliphatic carbocycles. The minimum Gasteiger partial charge on any atom is -0.489 e. The Morgan fingerprint density at radius 1 is 1.00 bits per heavy atom. The molecule has 0 heterocycles. The SMILES string of the molecule is C=CCOc1cccc(NC(=O)CN(c2ccc(C)cc2C)S(=O)(=O)c2ccc(C)cc2)c1. The van der Waals surface area contributed by atoms with Crippen LogP contribution >= 0.6 is 0 Å². The van der Waals surface area contributed by atoms with Crippen LogP contribution in [-0.4, -0.2) is 27.5 Å². The monoisotopic (exact) mass is 464 g/mol. The molecule has 0 unspecified atom stereocenters. The summed E-state index contributed by atoms with van der Waals surface area (Å²) in [5.74, 6) is 0.109. The molecule has 0 aliphatic heterocycles. The van der Waals surface area contributed by atoms with Gasteiger partial charge in [0.05, 0.1) is 10.6 Å². The Bertz CT molecular complexity index is 1250. The normalized spacial score (nSPS) is 11.0. The Balaban J connectivity index is 1.92. The lowest BCUT2D eigenvalue weighted by Crippen LogP contribution is -2.38. The molecule has 1 N–H and O–H groups in total. The van der Waals surface area contributed by atoms with E-state index in [1.807, 2.05) is 32.9 Å². The molecule has 172 valence electrons. The average molecular weight is 465 g/mol. The molecule has 3 aromatic rings. The van der Waals surface area contributed by atoms with E-state index in [-0.39, 0.29) is 11.4 Å². The third kappa shape index (κ3) is 6.02. The smallest absolute Gasteiger partial charge is 0.264 e. The number of carbonyl (C=O) groups is 1. The molecule has 0 fully saturated rings. The number of anilines is 2. The molecule has 0 spiro atoms. The number of carbonyl (C=O) groups excluding carboxylic acids is 1. The molecule has 0 saturated heterocycles. The standard InChI is InChI=1S/C26H28N2O4S/c1-5-15-32-23-8-6-7-22(17-23)27-26(29)18-28(25-14-11-20(3)16-21(25)4)33(30,31)24-12-9-19(2)10-13-24/h5-14,16-17H,1,15,18H2,2-4H3,(H,27,29). The van der Waals surface area contributed by atoms with E-state index in [2.05, 4.69) is 11.9 Å². The number of ether oxygens (including phenoxy) is 1. The van der Waals surface area contributed by atoms with Crippen LogP contribution < -0.4 is 14.4 Å². The number of amides is 1. The largest absolute Gasteiger partial charge is 0.489 e. The molecule has 0 aliphatic rings. The van der Waals surface area contributed by atoms with E-state index in [4.69, 9.17) is 4.74 Å². The van der Waals surface area contributed by atoms with Gasteiger partial charge in [-0.25, -0.2) is 8.42 Å². The summed E-state index contributed by atoms with van der Waals surface area (Å²) in [5, 5.41) is 2.77. The van der Waals surface area contributed by atoms with E-state index in [9.17, 15) is 13.2 Å². The summed E-state index contributed by atoms with van der Waals surface area (Å²) in [6, 6.07) is 19.0. The van der Waals surface area contributed by atoms with Crippen LogP contribution in [-0.2, 0) is 14.8 Å². The number of sulfonamides is 1. The predicted octanol–water partition coefficient (Wildman–Crippen LogP) is 5.01. The van der Waals surface area contributed by atoms with Gasteiger partial charge in [-0.2, -0.15) is 0 Å². The van der Waals surface area contributed by atoms with E-state index in [0.717, 1.165) is 21.0 Å². The second-order valence-corrected chi connectivity index (χ2v) is 9.65. The first-order valence-corrected chi connectivity index (χ1v) is 11.9. The van der Waals surface area contributed by atoms with E-state index < -0.39 is 15.9 Å². The van der Waals surface area contributed by atoms with Crippen molar-refractivity contribution in [2.75, 3.05) is 22.8 Å². The van der Waals surface area contributed by atoms with Crippen molar-refractivity contribution < 1.29 is 17.9 Å². The van der Waals surface area contributed by atoms with Crippen molar-refractivity contribution in [3.8, 4) is 5.75 Å². The zero-order valence-electron chi connectivity index (χ0n) is 19.0. The molecule has 0 saturated carbocycles. The summed E-state index contributed by atoms with van der Waals surface area (Å²) < 4.78 is 33.8. The second-order valence-electron chi connectivity index (χ2n) is 7.79. The van der Waals surface area contributed by atoms with Crippen LogP contribution in [0.1, 0.15) is 16.7 Å². The predicted molar refractivity (Wildman–Crippen MR) is 132 cm³/mol. The van der Waals surface area contributed by atoms with Gasteiger partial charge < -0.3 is 10.1 Å². The van der Waals surface area contributed by atoms with Gasteiger partial charge in [-0.3, -0.25) is 9.10 Å². The van der Waals surface area contributed by atoms with Gasteiger partial charge >= 0.3 is 0 Å². The molecule has 33 heavy (non-hydrogen) atoms. The summed E-state index contributed by atoms with van der Waals surface area (Å²) in [5.41, 5.74) is 3.68. The maximum atomic E-state index is 13.6. The van der Waals surface area contributed by atoms with Crippen LogP contribution in [0.25, 0.3) is 0 Å². The van der Waals surface area contributed by atoms with Crippen molar-refractivity contribution in [3.05, 3.63) is 96.1 Å². The zero-order chi connectivity index (χ0) is 24.0. The third-order valence-electron chi connectivity index (χ3n) is 5.00. The van der Waals surface area contributed by atoms with Crippen LogP contribution in [0.4, 0.5) is 11.4 Å². The molecule has 0 radical (unpaired) electrons. The Kier molecular flexibility index (Phi) is 7.55. The molecular formula is C26H28N2O4S. The minimum atomic E-state index is -3.98. The molecule has 3 rings (SSSR count). The first kappa shape index (κ1) is 24.1. The fraction of sp³-hybridized carbons (Fsp3) is 0.192. The number of nitrogens with one attached hydrogen (secondary N) is 1. The van der Waals surface area contributed by atoms with Gasteiger partial charge in [-0.05, 0) is 56.7 Å². The van der Waals surface area contributed by atoms with Gasteiger partial charge in [0, 0.05) is 11.8 Å². The van der Waals surface area contributed by atoms with Crippen molar-refractivity contribution in [1.29, 1.82) is 0 Å². The average Bonchev–Trinajstić information content (AvgIpc) is 2.77. The molecular weight excluding hydrogens is 436 g/mol. The van der Waals surface area contributed by atoms with Crippen molar-refractivity contribution >= 4 is 27.3 Å². The molecule has 0 bridgehead atoms. The topological polar surface area (TPSA) is 75.7 Å². The first-order valence-electron chi connectivity index (χ1n) is 10.5. The van der Waals surface area contributed by atoms with Crippen LogP contribution in [0.3, 0.4) is 0 Å². The molecule has 3 aromatic carbocycles. The van der Waals surface area contributed by atoms with Gasteiger partial charge in [-0.15, -0.1) is 0 Å². The Morgan fingerprint density at radius 2 is 1.70 bits per heavy atom. The van der Waals surface area contributed by atoms with Gasteiger partial charge in [0.2, 0.25) is 5.91 Å². The van der Waals surface area contributed by atoms with Crippen LogP contribution in [0.15, 0.2) is 84.3 Å². The number of hydrogen-bond acceptors (Lipinski definition) is 4. The van der Waals surface area contributed by atoms with E-state index in [0.29, 0.717) is 23.7 Å². The first-order chi connectivity index (χ1) is 15.7. The molecule has 0 aromatic heterocycles. The highest BCUT2D eigenvalue weighted by molar-refractivity contribution is 7.92. The van der Waals surface area contributed by atoms with Crippen molar-refractivity contribution in [2.45, 2.75) is 25.7 Å². The summed E-state index contributed by atoms with van der Waals surface area (Å²) in [6.07, 6.45) is 1.63. The maximum absolute atomic E-state index is 13.6. The zero-order valence-corrected chi connectivity index (χ0v) is 19.9. The quantitative estimate of drug-likeness (QED) is 0.452. The van der Waals surface area contributed by atoms with Gasteiger partial charge in [0.15, 0.2) is 0 Å². The molecule has 0 atom stereocenters. The second kappa shape index (κ2) is 10.4. The maximum Gasteiger partial charge on any atom is 0.264 e. The number of nitrogens with zero attached hydrogens (tertiary/aromatic N) is 1. The highest BCUT2D eigenvalue weighted by Crippen LogP contribution is 2.28. The van der Waals surface area contributed by atoms with Gasteiger partial charge in [0.25, 0.3) is 10.0 Å². The molecule has 1 amide bonds. The van der Waals surface area contributed by atoms with E-state index in [1.54, 1.807) is 60.7 Å². The third-order valence-corrected chi connectivity index (χ3v) is 6.78. The van der Waals surface area contributed by atoms with Crippen LogP contribution in [0, 0.1) is 20.8 Å². The number of benzene rings is 3. The van der Waals surface area contributed by atoms with Crippen molar-refractivity contribution in [3.63, 3.8) is 0 Å². The highest BCUT2D eigenvalue weighted by atomic mass is 32.2. The Labute approximate surface area is 195 Å². The van der Waals surface area contributed by atoms with Gasteiger partial charge in [0.1, 0.15) is 18.9 Å². The molecule has 6 nitrogen and oxygen atoms in total. The number of aryl methyl sites for hydroxylation is 3. The van der Waals surface area contributed by atoms with E-state index in [1.165, 1.54) is 0 Å². The number of hydrogen-bond donors (Lipinski definition) is 1. The number of rotatable bonds is 9. The van der Waals surface area contributed by atoms with Crippen LogP contribution in [0.2, 0.25) is 0 Å². The Morgan fingerprint density at radius 3 is 2.36 bits per heavy atom. The summed E-state index contributed by atoms with van der Waals surface area (Å²) >= 11 is 0. The van der Waals surface area contributed by atoms with Crippen LogP contribution in [0.5, 0.6) is 5.75 Å². The fourth-order valence-electron chi connectivity index (χ4n) is 3.37. The van der Waals surface area contributed by atoms with Crippen molar-refractivity contribution in [2.24, 2.45) is 0 Å². The summed E-state index contributed by atoms with van der Waals surface area (Å²) in [6.45, 7) is 9.23. The molecule has 7 heteroatoms. The summed E-state index contributed by atoms with van der Waals surface area (Å²) in [4.78, 5) is 13.1. The lowest BCUT2D eigenvalue weighted by atomic mass is 10.1. The highest BCUT2D eigenvalue weighted by Gasteiger charge is 2.28.